The molecule has 0 spiro atoms. The lowest BCUT2D eigenvalue weighted by Gasteiger charge is -2.14. The lowest BCUT2D eigenvalue weighted by molar-refractivity contribution is 0.0532. The topological polar surface area (TPSA) is 84.5 Å². The van der Waals surface area contributed by atoms with Gasteiger partial charge in [0.15, 0.2) is 0 Å². The molecule has 3 rings (SSSR count). The van der Waals surface area contributed by atoms with E-state index >= 15 is 0 Å². The molecule has 6 nitrogen and oxygen atoms in total. The van der Waals surface area contributed by atoms with E-state index in [1.165, 1.54) is 11.3 Å². The first-order chi connectivity index (χ1) is 12.0. The van der Waals surface area contributed by atoms with E-state index in [1.807, 2.05) is 6.08 Å². The summed E-state index contributed by atoms with van der Waals surface area (Å²) in [4.78, 5) is 12.5. The highest BCUT2D eigenvalue weighted by Gasteiger charge is 2.17. The zero-order valence-electron chi connectivity index (χ0n) is 14.3. The van der Waals surface area contributed by atoms with Crippen molar-refractivity contribution in [3.63, 3.8) is 0 Å². The van der Waals surface area contributed by atoms with E-state index in [9.17, 15) is 13.2 Å². The molecular weight excluding hydrogens is 396 g/mol. The fourth-order valence-corrected chi connectivity index (χ4v) is 4.60. The molecule has 1 aromatic carbocycles. The van der Waals surface area contributed by atoms with Gasteiger partial charge < -0.3 is 10.1 Å². The van der Waals surface area contributed by atoms with Crippen molar-refractivity contribution in [1.29, 1.82) is 0 Å². The zero-order valence-corrected chi connectivity index (χ0v) is 16.7. The van der Waals surface area contributed by atoms with Crippen molar-refractivity contribution in [3.05, 3.63) is 40.8 Å². The van der Waals surface area contributed by atoms with E-state index in [1.54, 1.807) is 31.2 Å². The summed E-state index contributed by atoms with van der Waals surface area (Å²) in [5.41, 5.74) is 1.09. The predicted octanol–water partition coefficient (Wildman–Crippen LogP) is 2.70. The van der Waals surface area contributed by atoms with E-state index in [4.69, 9.17) is 4.74 Å². The average molecular weight is 417 g/mol. The number of ether oxygens (including phenoxy) is 1. The SMILES string of the molecule is CCOC(=O)c1cc2cc(S(=O)(=O)NCC3=CCNCC3)ccc2s1.Cl. The van der Waals surface area contributed by atoms with Gasteiger partial charge in [0.25, 0.3) is 0 Å². The van der Waals surface area contributed by atoms with Gasteiger partial charge in [-0.05, 0) is 49.5 Å². The summed E-state index contributed by atoms with van der Waals surface area (Å²) < 4.78 is 33.5. The smallest absolute Gasteiger partial charge is 0.348 e. The number of carbonyl (C=O) groups is 1. The molecule has 2 aromatic rings. The highest BCUT2D eigenvalue weighted by atomic mass is 35.5. The van der Waals surface area contributed by atoms with Gasteiger partial charge >= 0.3 is 5.97 Å². The first-order valence-corrected chi connectivity index (χ1v) is 10.4. The van der Waals surface area contributed by atoms with E-state index < -0.39 is 10.0 Å². The van der Waals surface area contributed by atoms with Gasteiger partial charge in [-0.25, -0.2) is 17.9 Å². The molecule has 1 aliphatic heterocycles. The Kier molecular flexibility index (Phi) is 7.19. The van der Waals surface area contributed by atoms with Crippen LogP contribution in [0.25, 0.3) is 10.1 Å². The molecule has 0 saturated carbocycles. The number of rotatable bonds is 6. The van der Waals surface area contributed by atoms with E-state index in [-0.39, 0.29) is 23.3 Å². The minimum atomic E-state index is -3.60. The highest BCUT2D eigenvalue weighted by molar-refractivity contribution is 7.89. The third-order valence-electron chi connectivity index (χ3n) is 3.92. The van der Waals surface area contributed by atoms with Gasteiger partial charge in [0.1, 0.15) is 4.88 Å². The largest absolute Gasteiger partial charge is 0.462 e. The van der Waals surface area contributed by atoms with Crippen LogP contribution in [0, 0.1) is 0 Å². The quantitative estimate of drug-likeness (QED) is 0.558. The van der Waals surface area contributed by atoms with Crippen molar-refractivity contribution in [2.45, 2.75) is 18.2 Å². The minimum absolute atomic E-state index is 0. The monoisotopic (exact) mass is 416 g/mol. The second-order valence-corrected chi connectivity index (χ2v) is 8.52. The summed E-state index contributed by atoms with van der Waals surface area (Å²) >= 11 is 1.29. The van der Waals surface area contributed by atoms with Crippen LogP contribution in [0.1, 0.15) is 23.0 Å². The van der Waals surface area contributed by atoms with Crippen molar-refractivity contribution >= 4 is 49.8 Å². The van der Waals surface area contributed by atoms with Crippen molar-refractivity contribution < 1.29 is 17.9 Å². The number of nitrogens with one attached hydrogen (secondary N) is 2. The molecule has 26 heavy (non-hydrogen) atoms. The lowest BCUT2D eigenvalue weighted by Crippen LogP contribution is -2.29. The molecule has 0 atom stereocenters. The molecule has 0 bridgehead atoms. The molecule has 0 aliphatic carbocycles. The van der Waals surface area contributed by atoms with Gasteiger partial charge in [-0.1, -0.05) is 11.6 Å². The van der Waals surface area contributed by atoms with Crippen LogP contribution in [0.2, 0.25) is 0 Å². The van der Waals surface area contributed by atoms with Gasteiger partial charge in [0.05, 0.1) is 11.5 Å². The molecule has 0 unspecified atom stereocenters. The first kappa shape index (κ1) is 20.9. The van der Waals surface area contributed by atoms with Gasteiger partial charge in [-0.15, -0.1) is 23.7 Å². The molecule has 0 radical (unpaired) electrons. The molecule has 142 valence electrons. The Balaban J connectivity index is 0.00000243. The van der Waals surface area contributed by atoms with E-state index in [0.717, 1.165) is 35.2 Å². The van der Waals surface area contributed by atoms with Crippen LogP contribution in [-0.4, -0.2) is 40.6 Å². The summed E-state index contributed by atoms with van der Waals surface area (Å²) in [6.07, 6.45) is 2.86. The van der Waals surface area contributed by atoms with Crippen molar-refractivity contribution in [2.75, 3.05) is 26.2 Å². The Hall–Kier alpha value is -1.45. The summed E-state index contributed by atoms with van der Waals surface area (Å²) in [5, 5.41) is 3.91. The number of thiophene rings is 1. The second-order valence-electron chi connectivity index (χ2n) is 5.67. The summed E-state index contributed by atoms with van der Waals surface area (Å²) in [6, 6.07) is 6.55. The first-order valence-electron chi connectivity index (χ1n) is 8.08. The average Bonchev–Trinajstić information content (AvgIpc) is 3.05. The van der Waals surface area contributed by atoms with Crippen LogP contribution in [0.5, 0.6) is 0 Å². The molecule has 2 heterocycles. The number of hydrogen-bond acceptors (Lipinski definition) is 6. The standard InChI is InChI=1S/C17H20N2O4S2.ClH/c1-2-23-17(20)16-10-13-9-14(3-4-15(13)24-16)25(21,22)19-11-12-5-7-18-8-6-12;/h3-5,9-10,18-19H,2,6-8,11H2,1H3;1H. The maximum Gasteiger partial charge on any atom is 0.348 e. The van der Waals surface area contributed by atoms with Gasteiger partial charge in [-0.2, -0.15) is 0 Å². The Bertz CT molecular complexity index is 922. The van der Waals surface area contributed by atoms with Crippen LogP contribution in [0.4, 0.5) is 0 Å². The Morgan fingerprint density at radius 2 is 2.15 bits per heavy atom. The van der Waals surface area contributed by atoms with Crippen LogP contribution >= 0.6 is 23.7 Å². The maximum absolute atomic E-state index is 12.5. The number of fused-ring (bicyclic) bond motifs is 1. The van der Waals surface area contributed by atoms with Crippen molar-refractivity contribution in [3.8, 4) is 0 Å². The van der Waals surface area contributed by atoms with Crippen LogP contribution in [0.3, 0.4) is 0 Å². The number of sulfonamides is 1. The fourth-order valence-electron chi connectivity index (χ4n) is 2.59. The normalized spacial score (nSPS) is 14.6. The maximum atomic E-state index is 12.5. The number of hydrogen-bond donors (Lipinski definition) is 2. The molecule has 1 aromatic heterocycles. The number of esters is 1. The zero-order chi connectivity index (χ0) is 17.9. The fraction of sp³-hybridized carbons (Fsp3) is 0.353. The lowest BCUT2D eigenvalue weighted by atomic mass is 10.1. The predicted molar refractivity (Wildman–Crippen MR) is 106 cm³/mol. The Morgan fingerprint density at radius 3 is 2.85 bits per heavy atom. The van der Waals surface area contributed by atoms with Crippen molar-refractivity contribution in [2.24, 2.45) is 0 Å². The number of carbonyl (C=O) groups excluding carboxylic acids is 1. The third kappa shape index (κ3) is 4.83. The molecule has 0 fully saturated rings. The number of halogens is 1. The molecule has 0 amide bonds. The van der Waals surface area contributed by atoms with Gasteiger partial charge in [0, 0.05) is 17.8 Å². The highest BCUT2D eigenvalue weighted by Crippen LogP contribution is 2.28. The van der Waals surface area contributed by atoms with Gasteiger partial charge in [0.2, 0.25) is 10.0 Å². The van der Waals surface area contributed by atoms with E-state index in [2.05, 4.69) is 10.0 Å². The van der Waals surface area contributed by atoms with E-state index in [0.29, 0.717) is 18.0 Å². The molecule has 1 aliphatic rings. The third-order valence-corrected chi connectivity index (χ3v) is 6.42. The second kappa shape index (κ2) is 8.96. The molecule has 9 heteroatoms. The molecular formula is C17H21ClN2O4S2. The summed E-state index contributed by atoms with van der Waals surface area (Å²) in [7, 11) is -3.60. The minimum Gasteiger partial charge on any atom is -0.462 e. The van der Waals surface area contributed by atoms with Crippen LogP contribution < -0.4 is 10.0 Å². The Labute approximate surface area is 163 Å². The van der Waals surface area contributed by atoms with Crippen LogP contribution in [0.15, 0.2) is 40.8 Å². The molecule has 0 saturated heterocycles. The Morgan fingerprint density at radius 1 is 1.35 bits per heavy atom. The van der Waals surface area contributed by atoms with Crippen LogP contribution in [-0.2, 0) is 14.8 Å². The molecule has 2 N–H and O–H groups in total. The van der Waals surface area contributed by atoms with Crippen molar-refractivity contribution in [1.82, 2.24) is 10.0 Å². The number of benzene rings is 1. The van der Waals surface area contributed by atoms with Gasteiger partial charge in [-0.3, -0.25) is 0 Å². The summed E-state index contributed by atoms with van der Waals surface area (Å²) in [5.74, 6) is -0.385. The summed E-state index contributed by atoms with van der Waals surface area (Å²) in [6.45, 7) is 4.01.